The van der Waals surface area contributed by atoms with Crippen LogP contribution in [0.25, 0.3) is 0 Å². The molecule has 0 aromatic carbocycles. The molecule has 0 aliphatic heterocycles. The second kappa shape index (κ2) is 8.34. The molecule has 0 radical (unpaired) electrons. The molecule has 0 fully saturated rings. The van der Waals surface area contributed by atoms with E-state index in [1.165, 1.54) is 0 Å². The van der Waals surface area contributed by atoms with Crippen LogP contribution in [0.15, 0.2) is 12.7 Å². The summed E-state index contributed by atoms with van der Waals surface area (Å²) in [6, 6.07) is -0.424. The third-order valence-corrected chi connectivity index (χ3v) is 3.06. The van der Waals surface area contributed by atoms with E-state index in [0.29, 0.717) is 12.3 Å². The van der Waals surface area contributed by atoms with E-state index in [4.69, 9.17) is 5.73 Å². The Morgan fingerprint density at radius 1 is 1.38 bits per heavy atom. The van der Waals surface area contributed by atoms with Gasteiger partial charge in [0.25, 0.3) is 0 Å². The van der Waals surface area contributed by atoms with Gasteiger partial charge >= 0.3 is 0 Å². The Morgan fingerprint density at radius 3 is 2.31 bits per heavy atom. The molecule has 16 heavy (non-hydrogen) atoms. The minimum atomic E-state index is -0.424. The highest BCUT2D eigenvalue weighted by molar-refractivity contribution is 5.81. The van der Waals surface area contributed by atoms with E-state index < -0.39 is 6.04 Å². The van der Waals surface area contributed by atoms with Gasteiger partial charge in [0.2, 0.25) is 5.91 Å². The molecule has 0 aromatic heterocycles. The van der Waals surface area contributed by atoms with Crippen molar-refractivity contribution >= 4 is 5.91 Å². The van der Waals surface area contributed by atoms with Crippen LogP contribution < -0.4 is 5.73 Å². The third-order valence-electron chi connectivity index (χ3n) is 3.06. The Bertz CT molecular complexity index is 212. The maximum absolute atomic E-state index is 12.0. The molecule has 1 amide bonds. The first-order chi connectivity index (χ1) is 7.60. The summed E-state index contributed by atoms with van der Waals surface area (Å²) >= 11 is 0. The molecule has 0 heterocycles. The zero-order valence-electron chi connectivity index (χ0n) is 10.9. The van der Waals surface area contributed by atoms with Crippen LogP contribution in [-0.4, -0.2) is 29.9 Å². The molecule has 0 rings (SSSR count). The number of nitrogens with two attached hydrogens (primary N) is 1. The van der Waals surface area contributed by atoms with Crippen molar-refractivity contribution in [3.63, 3.8) is 0 Å². The first-order valence-electron chi connectivity index (χ1n) is 6.25. The highest BCUT2D eigenvalue weighted by Crippen LogP contribution is 2.11. The number of hydrogen-bond acceptors (Lipinski definition) is 2. The maximum Gasteiger partial charge on any atom is 0.239 e. The Morgan fingerprint density at radius 2 is 1.94 bits per heavy atom. The lowest BCUT2D eigenvalue weighted by atomic mass is 10.0. The molecule has 0 spiro atoms. The number of carbonyl (C=O) groups is 1. The summed E-state index contributed by atoms with van der Waals surface area (Å²) in [5.41, 5.74) is 5.80. The van der Waals surface area contributed by atoms with Gasteiger partial charge in [0.1, 0.15) is 0 Å². The van der Waals surface area contributed by atoms with E-state index in [2.05, 4.69) is 20.4 Å². The fourth-order valence-corrected chi connectivity index (χ4v) is 1.75. The molecule has 0 saturated heterocycles. The minimum Gasteiger partial charge on any atom is -0.341 e. The van der Waals surface area contributed by atoms with Crippen molar-refractivity contribution in [2.24, 2.45) is 11.7 Å². The second-order valence-corrected chi connectivity index (χ2v) is 4.19. The van der Waals surface area contributed by atoms with Crippen LogP contribution in [0.3, 0.4) is 0 Å². The van der Waals surface area contributed by atoms with Crippen molar-refractivity contribution in [3.8, 4) is 0 Å². The Balaban J connectivity index is 4.35. The SMILES string of the molecule is C=CCC(N)C(=O)N(CC)CC(CC)CC. The average molecular weight is 226 g/mol. The highest BCUT2D eigenvalue weighted by atomic mass is 16.2. The van der Waals surface area contributed by atoms with Crippen LogP contribution in [0.5, 0.6) is 0 Å². The molecular formula is C13H26N2O. The normalized spacial score (nSPS) is 12.6. The van der Waals surface area contributed by atoms with Crippen LogP contribution in [0.2, 0.25) is 0 Å². The zero-order chi connectivity index (χ0) is 12.6. The number of nitrogens with zero attached hydrogens (tertiary/aromatic N) is 1. The first kappa shape index (κ1) is 15.2. The number of carbonyl (C=O) groups excluding carboxylic acids is 1. The lowest BCUT2D eigenvalue weighted by molar-refractivity contribution is -0.133. The summed E-state index contributed by atoms with van der Waals surface area (Å²) in [6.07, 6.45) is 4.47. The van der Waals surface area contributed by atoms with Gasteiger partial charge in [-0.05, 0) is 19.3 Å². The topological polar surface area (TPSA) is 46.3 Å². The molecule has 1 unspecified atom stereocenters. The van der Waals surface area contributed by atoms with E-state index in [-0.39, 0.29) is 5.91 Å². The Kier molecular flexibility index (Phi) is 7.90. The average Bonchev–Trinajstić information content (AvgIpc) is 2.30. The summed E-state index contributed by atoms with van der Waals surface area (Å²) in [5, 5.41) is 0. The van der Waals surface area contributed by atoms with Gasteiger partial charge in [-0.3, -0.25) is 4.79 Å². The molecule has 3 heteroatoms. The van der Waals surface area contributed by atoms with Gasteiger partial charge in [0.15, 0.2) is 0 Å². The predicted octanol–water partition coefficient (Wildman–Crippen LogP) is 2.17. The highest BCUT2D eigenvalue weighted by Gasteiger charge is 2.20. The maximum atomic E-state index is 12.0. The molecule has 0 aliphatic rings. The molecule has 1 atom stereocenters. The summed E-state index contributed by atoms with van der Waals surface area (Å²) in [4.78, 5) is 13.9. The van der Waals surface area contributed by atoms with Gasteiger partial charge in [0.05, 0.1) is 6.04 Å². The Labute approximate surface area is 99.7 Å². The van der Waals surface area contributed by atoms with Gasteiger partial charge in [0, 0.05) is 13.1 Å². The van der Waals surface area contributed by atoms with Crippen molar-refractivity contribution in [2.75, 3.05) is 13.1 Å². The molecule has 0 saturated carbocycles. The van der Waals surface area contributed by atoms with Crippen molar-refractivity contribution in [1.82, 2.24) is 4.90 Å². The smallest absolute Gasteiger partial charge is 0.239 e. The van der Waals surface area contributed by atoms with Crippen LogP contribution in [0.4, 0.5) is 0 Å². The van der Waals surface area contributed by atoms with Gasteiger partial charge in [-0.15, -0.1) is 6.58 Å². The zero-order valence-corrected chi connectivity index (χ0v) is 10.9. The van der Waals surface area contributed by atoms with Crippen LogP contribution in [0.1, 0.15) is 40.0 Å². The van der Waals surface area contributed by atoms with Crippen LogP contribution in [-0.2, 0) is 4.79 Å². The quantitative estimate of drug-likeness (QED) is 0.645. The van der Waals surface area contributed by atoms with Crippen molar-refractivity contribution in [2.45, 2.75) is 46.1 Å². The fourth-order valence-electron chi connectivity index (χ4n) is 1.75. The van der Waals surface area contributed by atoms with Gasteiger partial charge in [-0.2, -0.15) is 0 Å². The van der Waals surface area contributed by atoms with Gasteiger partial charge in [-0.25, -0.2) is 0 Å². The summed E-state index contributed by atoms with van der Waals surface area (Å²) in [7, 11) is 0. The number of hydrogen-bond donors (Lipinski definition) is 1. The summed E-state index contributed by atoms with van der Waals surface area (Å²) in [5.74, 6) is 0.633. The molecule has 3 nitrogen and oxygen atoms in total. The third kappa shape index (κ3) is 4.79. The van der Waals surface area contributed by atoms with E-state index in [1.807, 2.05) is 11.8 Å². The monoisotopic (exact) mass is 226 g/mol. The lowest BCUT2D eigenvalue weighted by Crippen LogP contribution is -2.45. The molecule has 0 aromatic rings. The van der Waals surface area contributed by atoms with E-state index >= 15 is 0 Å². The number of amides is 1. The van der Waals surface area contributed by atoms with Gasteiger partial charge < -0.3 is 10.6 Å². The van der Waals surface area contributed by atoms with Crippen molar-refractivity contribution in [1.29, 1.82) is 0 Å². The molecule has 0 bridgehead atoms. The van der Waals surface area contributed by atoms with Crippen LogP contribution in [0, 0.1) is 5.92 Å². The van der Waals surface area contributed by atoms with Crippen LogP contribution >= 0.6 is 0 Å². The van der Waals surface area contributed by atoms with Gasteiger partial charge in [-0.1, -0.05) is 32.8 Å². The molecular weight excluding hydrogens is 200 g/mol. The van der Waals surface area contributed by atoms with E-state index in [1.54, 1.807) is 6.08 Å². The molecule has 94 valence electrons. The molecule has 2 N–H and O–H groups in total. The second-order valence-electron chi connectivity index (χ2n) is 4.19. The van der Waals surface area contributed by atoms with Crippen molar-refractivity contribution < 1.29 is 4.79 Å². The predicted molar refractivity (Wildman–Crippen MR) is 69.1 cm³/mol. The van der Waals surface area contributed by atoms with Crippen molar-refractivity contribution in [3.05, 3.63) is 12.7 Å². The summed E-state index contributed by atoms with van der Waals surface area (Å²) in [6.45, 7) is 11.5. The largest absolute Gasteiger partial charge is 0.341 e. The number of rotatable bonds is 8. The molecule has 0 aliphatic carbocycles. The fraction of sp³-hybridized carbons (Fsp3) is 0.769. The van der Waals surface area contributed by atoms with E-state index in [9.17, 15) is 4.79 Å². The minimum absolute atomic E-state index is 0.0503. The summed E-state index contributed by atoms with van der Waals surface area (Å²) < 4.78 is 0. The van der Waals surface area contributed by atoms with E-state index in [0.717, 1.165) is 25.9 Å². The Hall–Kier alpha value is -0.830. The standard InChI is InChI=1S/C13H26N2O/c1-5-9-12(14)13(16)15(8-4)10-11(6-2)7-3/h5,11-12H,1,6-10,14H2,2-4H3. The first-order valence-corrected chi connectivity index (χ1v) is 6.25. The number of likely N-dealkylation sites (N-methyl/N-ethyl adjacent to an activating group) is 1. The lowest BCUT2D eigenvalue weighted by Gasteiger charge is -2.27.